The molecule has 10 nitrogen and oxygen atoms in total. The van der Waals surface area contributed by atoms with E-state index in [-0.39, 0.29) is 12.2 Å². The van der Waals surface area contributed by atoms with Gasteiger partial charge < -0.3 is 20.7 Å². The molecular formula is C26H25BrN8O2. The first-order chi connectivity index (χ1) is 18.0. The molecule has 0 amide bonds. The number of nitrogen functional groups attached to an aromatic ring is 1. The Morgan fingerprint density at radius 1 is 1.08 bits per heavy atom. The van der Waals surface area contributed by atoms with E-state index in [4.69, 9.17) is 15.8 Å². The Morgan fingerprint density at radius 2 is 1.92 bits per heavy atom. The van der Waals surface area contributed by atoms with E-state index in [1.54, 1.807) is 12.4 Å². The van der Waals surface area contributed by atoms with Gasteiger partial charge in [0.05, 0.1) is 34.9 Å². The molecule has 6 rings (SSSR count). The Bertz CT molecular complexity index is 1660. The Labute approximate surface area is 220 Å². The molecule has 4 heterocycles. The predicted molar refractivity (Wildman–Crippen MR) is 149 cm³/mol. The number of pyridine rings is 1. The van der Waals surface area contributed by atoms with Gasteiger partial charge in [-0.3, -0.25) is 14.8 Å². The Balaban J connectivity index is 1.34. The lowest BCUT2D eigenvalue weighted by molar-refractivity contribution is 0.188. The van der Waals surface area contributed by atoms with Crippen molar-refractivity contribution in [2.75, 3.05) is 50.0 Å². The second-order valence-corrected chi connectivity index (χ2v) is 9.91. The summed E-state index contributed by atoms with van der Waals surface area (Å²) in [6.07, 6.45) is 3.48. The topological polar surface area (TPSA) is 140 Å². The number of hydrogen-bond donors (Lipinski definition) is 4. The van der Waals surface area contributed by atoms with E-state index >= 15 is 0 Å². The van der Waals surface area contributed by atoms with Gasteiger partial charge in [-0.25, -0.2) is 9.97 Å². The van der Waals surface area contributed by atoms with Gasteiger partial charge in [0.2, 0.25) is 0 Å². The van der Waals surface area contributed by atoms with Crippen LogP contribution in [0, 0.1) is 0 Å². The first kappa shape index (κ1) is 23.6. The lowest BCUT2D eigenvalue weighted by Gasteiger charge is -2.35. The van der Waals surface area contributed by atoms with Crippen molar-refractivity contribution in [1.82, 2.24) is 30.0 Å². The van der Waals surface area contributed by atoms with Crippen molar-refractivity contribution in [3.05, 3.63) is 63.6 Å². The van der Waals surface area contributed by atoms with Crippen LogP contribution >= 0.6 is 15.9 Å². The van der Waals surface area contributed by atoms with E-state index in [1.165, 1.54) is 0 Å². The van der Waals surface area contributed by atoms with Gasteiger partial charge in [-0.05, 0) is 45.8 Å². The van der Waals surface area contributed by atoms with Crippen LogP contribution < -0.4 is 16.2 Å². The maximum absolute atomic E-state index is 13.3. The summed E-state index contributed by atoms with van der Waals surface area (Å²) in [5, 5.41) is 17.5. The van der Waals surface area contributed by atoms with E-state index in [1.807, 2.05) is 36.4 Å². The number of aliphatic hydroxyl groups is 1. The van der Waals surface area contributed by atoms with Crippen molar-refractivity contribution in [1.29, 1.82) is 0 Å². The summed E-state index contributed by atoms with van der Waals surface area (Å²) < 4.78 is 0.671. The van der Waals surface area contributed by atoms with Gasteiger partial charge in [0.25, 0.3) is 5.56 Å². The monoisotopic (exact) mass is 560 g/mol. The van der Waals surface area contributed by atoms with E-state index < -0.39 is 0 Å². The number of halogens is 1. The molecule has 0 saturated carbocycles. The fourth-order valence-electron chi connectivity index (χ4n) is 4.92. The van der Waals surface area contributed by atoms with E-state index in [2.05, 4.69) is 45.9 Å². The molecule has 11 heteroatoms. The second kappa shape index (κ2) is 9.58. The Hall–Kier alpha value is -3.80. The van der Waals surface area contributed by atoms with E-state index in [9.17, 15) is 4.79 Å². The van der Waals surface area contributed by atoms with Crippen LogP contribution in [0.3, 0.4) is 0 Å². The van der Waals surface area contributed by atoms with Crippen LogP contribution in [0.2, 0.25) is 0 Å². The summed E-state index contributed by atoms with van der Waals surface area (Å²) in [5.41, 5.74) is 10.3. The number of benzene rings is 2. The molecule has 0 spiro atoms. The molecule has 3 aromatic heterocycles. The molecule has 1 saturated heterocycles. The second-order valence-electron chi connectivity index (χ2n) is 9.05. The average Bonchev–Trinajstić information content (AvgIpc) is 3.40. The Kier molecular flexibility index (Phi) is 6.11. The highest BCUT2D eigenvalue weighted by molar-refractivity contribution is 9.10. The lowest BCUT2D eigenvalue weighted by Crippen LogP contribution is -2.47. The molecule has 0 bridgehead atoms. The number of aliphatic hydroxyl groups excluding tert-OH is 1. The number of piperazine rings is 1. The SMILES string of the molecule is Nc1c(-c2cccc3[nH]ncc23)cc(Br)c2nc(-c3ccc(N4CCN(CCO)CC4)nc3)[nH]c(=O)c12. The molecule has 0 unspecified atom stereocenters. The summed E-state index contributed by atoms with van der Waals surface area (Å²) in [7, 11) is 0. The molecule has 5 aromatic rings. The van der Waals surface area contributed by atoms with Crippen LogP contribution in [-0.2, 0) is 0 Å². The number of β-amino-alcohol motifs (C(OH)–C–C–N with tert-alkyl or cyclic N) is 1. The summed E-state index contributed by atoms with van der Waals surface area (Å²) in [6.45, 7) is 4.33. The zero-order chi connectivity index (χ0) is 25.5. The molecule has 0 radical (unpaired) electrons. The van der Waals surface area contributed by atoms with Crippen LogP contribution in [0.15, 0.2) is 58.1 Å². The first-order valence-corrected chi connectivity index (χ1v) is 12.8. The maximum atomic E-state index is 13.3. The summed E-state index contributed by atoms with van der Waals surface area (Å²) in [6, 6.07) is 11.6. The molecule has 2 aromatic carbocycles. The van der Waals surface area contributed by atoms with Crippen LogP contribution in [-0.4, -0.2) is 74.5 Å². The van der Waals surface area contributed by atoms with Gasteiger partial charge >= 0.3 is 0 Å². The van der Waals surface area contributed by atoms with Crippen LogP contribution in [0.25, 0.3) is 44.3 Å². The third kappa shape index (κ3) is 4.24. The summed E-state index contributed by atoms with van der Waals surface area (Å²) >= 11 is 3.62. The minimum Gasteiger partial charge on any atom is -0.398 e. The van der Waals surface area contributed by atoms with Gasteiger partial charge in [-0.2, -0.15) is 5.10 Å². The molecule has 1 fully saturated rings. The zero-order valence-electron chi connectivity index (χ0n) is 19.9. The van der Waals surface area contributed by atoms with E-state index in [0.717, 1.165) is 54.0 Å². The van der Waals surface area contributed by atoms with Crippen LogP contribution in [0.1, 0.15) is 0 Å². The first-order valence-electron chi connectivity index (χ1n) is 12.0. The van der Waals surface area contributed by atoms with E-state index in [0.29, 0.717) is 39.0 Å². The number of H-pyrrole nitrogens is 2. The smallest absolute Gasteiger partial charge is 0.261 e. The minimum absolute atomic E-state index is 0.174. The van der Waals surface area contributed by atoms with Gasteiger partial charge in [-0.15, -0.1) is 0 Å². The number of hydrogen-bond acceptors (Lipinski definition) is 8. The Morgan fingerprint density at radius 3 is 2.68 bits per heavy atom. The average molecular weight is 561 g/mol. The van der Waals surface area contributed by atoms with Crippen molar-refractivity contribution in [3.63, 3.8) is 0 Å². The minimum atomic E-state index is -0.316. The van der Waals surface area contributed by atoms with Gasteiger partial charge in [-0.1, -0.05) is 12.1 Å². The highest BCUT2D eigenvalue weighted by atomic mass is 79.9. The van der Waals surface area contributed by atoms with Crippen LogP contribution in [0.4, 0.5) is 11.5 Å². The number of aromatic amines is 2. The highest BCUT2D eigenvalue weighted by Crippen LogP contribution is 2.38. The number of anilines is 2. The maximum Gasteiger partial charge on any atom is 0.261 e. The quantitative estimate of drug-likeness (QED) is 0.240. The normalized spacial score (nSPS) is 14.6. The fourth-order valence-corrected chi connectivity index (χ4v) is 5.44. The summed E-state index contributed by atoms with van der Waals surface area (Å²) in [5.74, 6) is 1.30. The fraction of sp³-hybridized carbons (Fsp3) is 0.231. The molecule has 5 N–H and O–H groups in total. The van der Waals surface area contributed by atoms with Crippen molar-refractivity contribution < 1.29 is 5.11 Å². The number of fused-ring (bicyclic) bond motifs is 2. The van der Waals surface area contributed by atoms with Gasteiger partial charge in [0.1, 0.15) is 11.6 Å². The van der Waals surface area contributed by atoms with Crippen molar-refractivity contribution in [2.45, 2.75) is 0 Å². The molecule has 1 aliphatic heterocycles. The molecule has 188 valence electrons. The largest absolute Gasteiger partial charge is 0.398 e. The van der Waals surface area contributed by atoms with Crippen molar-refractivity contribution >= 4 is 49.2 Å². The predicted octanol–water partition coefficient (Wildman–Crippen LogP) is 2.99. The number of nitrogens with zero attached hydrogens (tertiary/aromatic N) is 5. The summed E-state index contributed by atoms with van der Waals surface area (Å²) in [4.78, 5) is 30.0. The van der Waals surface area contributed by atoms with Gasteiger partial charge in [0, 0.05) is 59.9 Å². The molecule has 37 heavy (non-hydrogen) atoms. The van der Waals surface area contributed by atoms with Crippen molar-refractivity contribution in [3.8, 4) is 22.5 Å². The molecule has 0 atom stereocenters. The molecular weight excluding hydrogens is 536 g/mol. The van der Waals surface area contributed by atoms with Crippen molar-refractivity contribution in [2.24, 2.45) is 0 Å². The van der Waals surface area contributed by atoms with Gasteiger partial charge in [0.15, 0.2) is 0 Å². The number of rotatable bonds is 5. The lowest BCUT2D eigenvalue weighted by atomic mass is 9.98. The molecule has 1 aliphatic rings. The highest BCUT2D eigenvalue weighted by Gasteiger charge is 2.20. The number of aromatic nitrogens is 5. The number of nitrogens with one attached hydrogen (secondary N) is 2. The standard InChI is InChI=1S/C26H25BrN8O2/c27-19-12-17(16-2-1-3-20-18(16)14-30-33-20)23(28)22-24(19)31-25(32-26(22)37)15-4-5-21(29-13-15)35-8-6-34(7-9-35)10-11-36/h1-5,12-14,36H,6-11,28H2,(H,30,33)(H,31,32,37). The third-order valence-corrected chi connectivity index (χ3v) is 7.49. The zero-order valence-corrected chi connectivity index (χ0v) is 21.5. The third-order valence-electron chi connectivity index (χ3n) is 6.88. The molecule has 0 aliphatic carbocycles. The van der Waals surface area contributed by atoms with Crippen LogP contribution in [0.5, 0.6) is 0 Å². The number of nitrogens with two attached hydrogens (primary N) is 1.